The van der Waals surface area contributed by atoms with E-state index in [4.69, 9.17) is 34.0 Å². The van der Waals surface area contributed by atoms with E-state index >= 15 is 0 Å². The number of nitrogens with two attached hydrogens (primary N) is 1. The fraction of sp³-hybridized carbons (Fsp3) is 0.278. The van der Waals surface area contributed by atoms with Crippen molar-refractivity contribution in [3.8, 4) is 5.75 Å². The second-order valence-corrected chi connectivity index (χ2v) is 9.33. The Labute approximate surface area is 193 Å². The summed E-state index contributed by atoms with van der Waals surface area (Å²) in [5, 5.41) is -0.0271. The maximum Gasteiger partial charge on any atom is 0.274 e. The molecule has 3 N–H and O–H groups in total. The Morgan fingerprint density at radius 1 is 1.30 bits per heavy atom. The number of aliphatic imine (C=N–C) groups is 1. The quantitative estimate of drug-likeness (QED) is 0.591. The minimum atomic E-state index is -4.40. The predicted molar refractivity (Wildman–Crippen MR) is 120 cm³/mol. The van der Waals surface area contributed by atoms with Crippen LogP contribution < -0.4 is 15.8 Å². The van der Waals surface area contributed by atoms with Gasteiger partial charge in [0.15, 0.2) is 11.6 Å². The molecule has 1 aliphatic heterocycles. The average molecular weight is 469 g/mol. The monoisotopic (exact) mass is 469 g/mol. The Morgan fingerprint density at radius 2 is 1.97 bits per heavy atom. The molecule has 6 radical (unpaired) electrons. The van der Waals surface area contributed by atoms with Gasteiger partial charge in [0.25, 0.3) is 5.91 Å². The zero-order valence-electron chi connectivity index (χ0n) is 17.5. The van der Waals surface area contributed by atoms with Gasteiger partial charge >= 0.3 is 0 Å². The number of aromatic nitrogens is 1. The molecular weight excluding hydrogens is 453 g/mol. The molecule has 1 amide bonds. The Balaban J connectivity index is 2.02. The lowest BCUT2D eigenvalue weighted by Gasteiger charge is -2.43. The van der Waals surface area contributed by atoms with Crippen molar-refractivity contribution in [1.29, 1.82) is 0 Å². The molecule has 2 aromatic rings. The summed E-state index contributed by atoms with van der Waals surface area (Å²) < 4.78 is 59.9. The van der Waals surface area contributed by atoms with Gasteiger partial charge in [0.2, 0.25) is 16.0 Å². The van der Waals surface area contributed by atoms with Gasteiger partial charge in [-0.15, -0.1) is 0 Å². The number of rotatable bonds is 5. The van der Waals surface area contributed by atoms with Crippen LogP contribution in [0, 0.1) is 11.6 Å². The highest BCUT2D eigenvalue weighted by molar-refractivity contribution is 7.90. The van der Waals surface area contributed by atoms with Crippen LogP contribution in [0.5, 0.6) is 5.75 Å². The molecule has 0 unspecified atom stereocenters. The number of guanidine groups is 1. The van der Waals surface area contributed by atoms with Crippen LogP contribution in [-0.4, -0.2) is 71.2 Å². The van der Waals surface area contributed by atoms with Gasteiger partial charge in [0, 0.05) is 17.3 Å². The van der Waals surface area contributed by atoms with Crippen LogP contribution in [0.3, 0.4) is 0 Å². The van der Waals surface area contributed by atoms with E-state index in [1.54, 1.807) is 0 Å². The third-order valence-electron chi connectivity index (χ3n) is 4.73. The molecule has 0 aliphatic carbocycles. The Hall–Kier alpha value is -3.09. The number of benzene rings is 1. The summed E-state index contributed by atoms with van der Waals surface area (Å²) in [6, 6.07) is 4.62. The Morgan fingerprint density at radius 3 is 2.48 bits per heavy atom. The van der Waals surface area contributed by atoms with Gasteiger partial charge < -0.3 is 15.8 Å². The van der Waals surface area contributed by atoms with E-state index < -0.39 is 55.6 Å². The SMILES string of the molecule is [B]C([B])([B])N1C(N)=N[C@](C)(c2cc(NC(=O)c3ccc(OC)cn3)cc(F)c2F)CS1(=O)=O. The molecule has 1 aromatic carbocycles. The second kappa shape index (κ2) is 8.36. The number of carbonyl (C=O) groups is 1. The van der Waals surface area contributed by atoms with Crippen molar-refractivity contribution in [2.45, 2.75) is 17.7 Å². The molecule has 0 saturated heterocycles. The largest absolute Gasteiger partial charge is 0.495 e. The maximum atomic E-state index is 14.8. The molecular formula is C18H16B3F2N5O4S. The highest BCUT2D eigenvalue weighted by atomic mass is 32.2. The lowest BCUT2D eigenvalue weighted by atomic mass is 9.49. The first-order valence-corrected chi connectivity index (χ1v) is 10.8. The first-order chi connectivity index (χ1) is 15.2. The third kappa shape index (κ3) is 4.82. The number of sulfonamides is 1. The normalized spacial score (nSPS) is 20.1. The number of ether oxygens (including phenoxy) is 1. The number of nitrogens with one attached hydrogen (secondary N) is 1. The zero-order valence-corrected chi connectivity index (χ0v) is 18.4. The second-order valence-electron chi connectivity index (χ2n) is 7.51. The summed E-state index contributed by atoms with van der Waals surface area (Å²) in [5.41, 5.74) is 3.13. The zero-order chi connectivity index (χ0) is 24.8. The lowest BCUT2D eigenvalue weighted by molar-refractivity contribution is 0.102. The first kappa shape index (κ1) is 24.6. The van der Waals surface area contributed by atoms with E-state index in [0.717, 1.165) is 12.1 Å². The van der Waals surface area contributed by atoms with Crippen LogP contribution in [0.25, 0.3) is 0 Å². The van der Waals surface area contributed by atoms with Crippen LogP contribution in [0.2, 0.25) is 0 Å². The van der Waals surface area contributed by atoms with E-state index in [1.165, 1.54) is 32.4 Å². The van der Waals surface area contributed by atoms with Crippen molar-refractivity contribution in [3.63, 3.8) is 0 Å². The Kier molecular flexibility index (Phi) is 6.22. The van der Waals surface area contributed by atoms with Crippen molar-refractivity contribution < 1.29 is 26.7 Å². The summed E-state index contributed by atoms with van der Waals surface area (Å²) in [6.07, 6.45) is 1.30. The lowest BCUT2D eigenvalue weighted by Crippen LogP contribution is -2.63. The van der Waals surface area contributed by atoms with Gasteiger partial charge in [-0.2, -0.15) is 0 Å². The minimum absolute atomic E-state index is 0.0309. The number of anilines is 1. The molecule has 1 aliphatic rings. The summed E-state index contributed by atoms with van der Waals surface area (Å²) in [7, 11) is 13.4. The van der Waals surface area contributed by atoms with Crippen molar-refractivity contribution in [1.82, 2.24) is 9.29 Å². The summed E-state index contributed by atoms with van der Waals surface area (Å²) in [4.78, 5) is 20.4. The maximum absolute atomic E-state index is 14.8. The standard InChI is InChI=1S/C18H16B3F2N5O4S/c1-17(8-33(30,31)28(16(24)27-17)18(19,20)21)11-5-9(6-12(22)14(11)23)26-15(29)13-4-3-10(32-2)7-25-13/h3-7H,8H2,1-2H3,(H2,24,27)(H,26,29)/t17-/m0/s1. The topological polar surface area (TPSA) is 127 Å². The molecule has 166 valence electrons. The number of halogens is 2. The number of methoxy groups -OCH3 is 1. The average Bonchev–Trinajstić information content (AvgIpc) is 2.67. The summed E-state index contributed by atoms with van der Waals surface area (Å²) in [5.74, 6) is -4.66. The highest BCUT2D eigenvalue weighted by Gasteiger charge is 2.46. The van der Waals surface area contributed by atoms with Gasteiger partial charge in [-0.05, 0) is 25.1 Å². The van der Waals surface area contributed by atoms with E-state index in [9.17, 15) is 22.0 Å². The molecule has 9 nitrogen and oxygen atoms in total. The van der Waals surface area contributed by atoms with Crippen LogP contribution in [0.1, 0.15) is 23.0 Å². The molecule has 0 spiro atoms. The summed E-state index contributed by atoms with van der Waals surface area (Å²) >= 11 is 0. The van der Waals surface area contributed by atoms with Crippen molar-refractivity contribution in [2.24, 2.45) is 10.7 Å². The molecule has 15 heteroatoms. The molecule has 2 heterocycles. The molecule has 1 atom stereocenters. The van der Waals surface area contributed by atoms with Crippen LogP contribution >= 0.6 is 0 Å². The van der Waals surface area contributed by atoms with Gasteiger partial charge in [-0.1, -0.05) is 5.24 Å². The number of amides is 1. The van der Waals surface area contributed by atoms with Crippen LogP contribution in [-0.2, 0) is 15.6 Å². The van der Waals surface area contributed by atoms with E-state index in [-0.39, 0.29) is 15.7 Å². The third-order valence-corrected chi connectivity index (χ3v) is 6.72. The number of pyridine rings is 1. The smallest absolute Gasteiger partial charge is 0.274 e. The number of nitrogens with zero attached hydrogens (tertiary/aromatic N) is 3. The summed E-state index contributed by atoms with van der Waals surface area (Å²) in [6.45, 7) is 1.22. The fourth-order valence-electron chi connectivity index (χ4n) is 3.35. The van der Waals surface area contributed by atoms with Gasteiger partial charge in [0.05, 0.1) is 42.6 Å². The van der Waals surface area contributed by atoms with Crippen molar-refractivity contribution in [3.05, 3.63) is 53.4 Å². The minimum Gasteiger partial charge on any atom is -0.495 e. The molecule has 33 heavy (non-hydrogen) atoms. The van der Waals surface area contributed by atoms with Gasteiger partial charge in [-0.25, -0.2) is 27.2 Å². The number of carbonyl (C=O) groups excluding carboxylic acids is 1. The van der Waals surface area contributed by atoms with Crippen molar-refractivity contribution in [2.75, 3.05) is 18.2 Å². The molecule has 3 rings (SSSR count). The molecule has 0 bridgehead atoms. The number of hydrogen-bond acceptors (Lipinski definition) is 7. The van der Waals surface area contributed by atoms with Gasteiger partial charge in [0.1, 0.15) is 17.0 Å². The van der Waals surface area contributed by atoms with E-state index in [0.29, 0.717) is 5.75 Å². The molecule has 0 fully saturated rings. The van der Waals surface area contributed by atoms with Crippen LogP contribution in [0.4, 0.5) is 14.5 Å². The van der Waals surface area contributed by atoms with Crippen LogP contribution in [0.15, 0.2) is 35.5 Å². The fourth-order valence-corrected chi connectivity index (χ4v) is 5.22. The first-order valence-electron chi connectivity index (χ1n) is 9.24. The number of hydrogen-bond donors (Lipinski definition) is 2. The predicted octanol–water partition coefficient (Wildman–Crippen LogP) is -0.0872. The van der Waals surface area contributed by atoms with E-state index in [1.807, 2.05) is 0 Å². The van der Waals surface area contributed by atoms with Gasteiger partial charge in [-0.3, -0.25) is 9.10 Å². The van der Waals surface area contributed by atoms with E-state index in [2.05, 4.69) is 15.3 Å². The Bertz CT molecular complexity index is 1240. The molecule has 0 saturated carbocycles. The van der Waals surface area contributed by atoms with Crippen molar-refractivity contribution >= 4 is 51.1 Å². The highest BCUT2D eigenvalue weighted by Crippen LogP contribution is 2.37. The molecule has 1 aromatic heterocycles.